The first-order chi connectivity index (χ1) is 12.6. The van der Waals surface area contributed by atoms with Crippen LogP contribution < -0.4 is 14.5 Å². The molecule has 2 aromatic rings. The molecule has 0 aromatic heterocycles. The van der Waals surface area contributed by atoms with Gasteiger partial charge in [0.1, 0.15) is 5.75 Å². The molecule has 2 aromatic carbocycles. The molecule has 136 valence electrons. The third-order valence-electron chi connectivity index (χ3n) is 5.46. The molecule has 1 atom stereocenters. The fraction of sp³-hybridized carbons (Fsp3) is 0.409. The maximum atomic E-state index is 12.9. The Morgan fingerprint density at radius 1 is 1.15 bits per heavy atom. The lowest BCUT2D eigenvalue weighted by molar-refractivity contribution is -0.119. The number of carbonyl (C=O) groups excluding carboxylic acids is 1. The molecule has 0 spiro atoms. The Balaban J connectivity index is 1.44. The van der Waals surface area contributed by atoms with Crippen LogP contribution in [-0.2, 0) is 4.79 Å². The van der Waals surface area contributed by atoms with Crippen LogP contribution in [0.2, 0.25) is 0 Å². The number of anilines is 2. The van der Waals surface area contributed by atoms with Crippen LogP contribution in [0.3, 0.4) is 0 Å². The normalized spacial score (nSPS) is 18.5. The van der Waals surface area contributed by atoms with Crippen molar-refractivity contribution in [3.05, 3.63) is 53.6 Å². The zero-order valence-electron chi connectivity index (χ0n) is 15.6. The van der Waals surface area contributed by atoms with E-state index < -0.39 is 0 Å². The second kappa shape index (κ2) is 7.02. The van der Waals surface area contributed by atoms with Gasteiger partial charge in [-0.1, -0.05) is 29.8 Å². The van der Waals surface area contributed by atoms with Gasteiger partial charge in [-0.25, -0.2) is 0 Å². The summed E-state index contributed by atoms with van der Waals surface area (Å²) in [5.41, 5.74) is 4.58. The Morgan fingerprint density at radius 2 is 1.96 bits per heavy atom. The van der Waals surface area contributed by atoms with Crippen molar-refractivity contribution in [3.8, 4) is 5.75 Å². The minimum absolute atomic E-state index is 0.147. The van der Waals surface area contributed by atoms with Crippen LogP contribution >= 0.6 is 0 Å². The molecule has 2 aliphatic heterocycles. The number of nitrogens with zero attached hydrogens (tertiary/aromatic N) is 2. The van der Waals surface area contributed by atoms with Gasteiger partial charge in [0, 0.05) is 19.1 Å². The van der Waals surface area contributed by atoms with Crippen LogP contribution in [0, 0.1) is 13.8 Å². The maximum absolute atomic E-state index is 12.9. The minimum atomic E-state index is 0.147. The largest absolute Gasteiger partial charge is 0.493 e. The van der Waals surface area contributed by atoms with Crippen molar-refractivity contribution in [1.29, 1.82) is 0 Å². The number of benzene rings is 2. The summed E-state index contributed by atoms with van der Waals surface area (Å²) in [6, 6.07) is 14.9. The summed E-state index contributed by atoms with van der Waals surface area (Å²) < 4.78 is 5.87. The summed E-state index contributed by atoms with van der Waals surface area (Å²) in [7, 11) is 0. The van der Waals surface area contributed by atoms with E-state index in [-0.39, 0.29) is 5.91 Å². The highest BCUT2D eigenvalue weighted by molar-refractivity contribution is 5.98. The van der Waals surface area contributed by atoms with Gasteiger partial charge in [0.25, 0.3) is 0 Å². The van der Waals surface area contributed by atoms with Gasteiger partial charge in [-0.2, -0.15) is 0 Å². The Labute approximate surface area is 155 Å². The third kappa shape index (κ3) is 3.16. The lowest BCUT2D eigenvalue weighted by Crippen LogP contribution is -2.48. The molecule has 4 rings (SSSR count). The lowest BCUT2D eigenvalue weighted by atomic mass is 10.1. The van der Waals surface area contributed by atoms with Crippen molar-refractivity contribution in [3.63, 3.8) is 0 Å². The van der Waals surface area contributed by atoms with Crippen LogP contribution in [0.15, 0.2) is 42.5 Å². The van der Waals surface area contributed by atoms with E-state index in [9.17, 15) is 4.79 Å². The van der Waals surface area contributed by atoms with Crippen molar-refractivity contribution in [2.45, 2.75) is 39.2 Å². The summed E-state index contributed by atoms with van der Waals surface area (Å²) in [6.07, 6.45) is 2.77. The Morgan fingerprint density at radius 3 is 2.77 bits per heavy atom. The molecule has 4 nitrogen and oxygen atoms in total. The van der Waals surface area contributed by atoms with Gasteiger partial charge < -0.3 is 14.5 Å². The van der Waals surface area contributed by atoms with Gasteiger partial charge >= 0.3 is 0 Å². The molecule has 1 fully saturated rings. The van der Waals surface area contributed by atoms with E-state index in [1.807, 2.05) is 30.0 Å². The molecule has 4 heteroatoms. The van der Waals surface area contributed by atoms with E-state index >= 15 is 0 Å². The number of fused-ring (bicyclic) bond motifs is 3. The molecule has 1 unspecified atom stereocenters. The quantitative estimate of drug-likeness (QED) is 0.833. The molecule has 26 heavy (non-hydrogen) atoms. The maximum Gasteiger partial charge on any atom is 0.230 e. The summed E-state index contributed by atoms with van der Waals surface area (Å²) in [5.74, 6) is 1.01. The van der Waals surface area contributed by atoms with Crippen LogP contribution in [0.4, 0.5) is 11.4 Å². The van der Waals surface area contributed by atoms with Gasteiger partial charge in [-0.15, -0.1) is 0 Å². The number of aryl methyl sites for hydroxylation is 2. The standard InChI is InChI=1S/C22H26N2O2/c1-16-9-10-21(17(2)14-16)26-13-11-22(25)24-15-18-6-5-12-23(18)19-7-3-4-8-20(19)24/h3-4,7-10,14,18H,5-6,11-13,15H2,1-2H3. The highest BCUT2D eigenvalue weighted by Gasteiger charge is 2.35. The molecule has 1 amide bonds. The molecule has 1 saturated heterocycles. The SMILES string of the molecule is Cc1ccc(OCCC(=O)N2CC3CCCN3c3ccccc32)c(C)c1. The van der Waals surface area contributed by atoms with Gasteiger partial charge in [0.15, 0.2) is 0 Å². The highest BCUT2D eigenvalue weighted by Crippen LogP contribution is 2.39. The Hall–Kier alpha value is -2.49. The Bertz CT molecular complexity index is 818. The van der Waals surface area contributed by atoms with Crippen LogP contribution in [0.25, 0.3) is 0 Å². The highest BCUT2D eigenvalue weighted by atomic mass is 16.5. The van der Waals surface area contributed by atoms with Crippen molar-refractivity contribution >= 4 is 17.3 Å². The predicted molar refractivity (Wildman–Crippen MR) is 105 cm³/mol. The van der Waals surface area contributed by atoms with Crippen molar-refractivity contribution in [1.82, 2.24) is 0 Å². The zero-order valence-corrected chi connectivity index (χ0v) is 15.6. The third-order valence-corrected chi connectivity index (χ3v) is 5.46. The first-order valence-electron chi connectivity index (χ1n) is 9.49. The van der Waals surface area contributed by atoms with E-state index in [1.54, 1.807) is 0 Å². The van der Waals surface area contributed by atoms with E-state index in [0.717, 1.165) is 36.5 Å². The number of rotatable bonds is 4. The number of hydrogen-bond donors (Lipinski definition) is 0. The van der Waals surface area contributed by atoms with Crippen molar-refractivity contribution in [2.24, 2.45) is 0 Å². The van der Waals surface area contributed by atoms with Crippen molar-refractivity contribution in [2.75, 3.05) is 29.5 Å². The number of hydrogen-bond acceptors (Lipinski definition) is 3. The topological polar surface area (TPSA) is 32.8 Å². The molecule has 0 radical (unpaired) electrons. The molecule has 0 N–H and O–H groups in total. The first-order valence-corrected chi connectivity index (χ1v) is 9.49. The lowest BCUT2D eigenvalue weighted by Gasteiger charge is -2.40. The van der Waals surface area contributed by atoms with Gasteiger partial charge in [-0.05, 0) is 50.5 Å². The molecule has 0 saturated carbocycles. The molecule has 2 aliphatic rings. The molecule has 2 heterocycles. The predicted octanol–water partition coefficient (Wildman–Crippen LogP) is 4.09. The van der Waals surface area contributed by atoms with E-state index in [2.05, 4.69) is 36.1 Å². The average Bonchev–Trinajstić information content (AvgIpc) is 3.11. The van der Waals surface area contributed by atoms with Crippen molar-refractivity contribution < 1.29 is 9.53 Å². The smallest absolute Gasteiger partial charge is 0.230 e. The fourth-order valence-electron chi connectivity index (χ4n) is 4.17. The first kappa shape index (κ1) is 17.0. The summed E-state index contributed by atoms with van der Waals surface area (Å²) in [4.78, 5) is 17.3. The van der Waals surface area contributed by atoms with E-state index in [0.29, 0.717) is 19.1 Å². The zero-order chi connectivity index (χ0) is 18.1. The van der Waals surface area contributed by atoms with E-state index in [1.165, 1.54) is 17.7 Å². The second-order valence-corrected chi connectivity index (χ2v) is 7.35. The number of para-hydroxylation sites is 2. The van der Waals surface area contributed by atoms with Crippen LogP contribution in [0.1, 0.15) is 30.4 Å². The van der Waals surface area contributed by atoms with Crippen LogP contribution in [-0.4, -0.2) is 31.6 Å². The second-order valence-electron chi connectivity index (χ2n) is 7.35. The minimum Gasteiger partial charge on any atom is -0.493 e. The monoisotopic (exact) mass is 350 g/mol. The molecule has 0 aliphatic carbocycles. The average molecular weight is 350 g/mol. The van der Waals surface area contributed by atoms with Gasteiger partial charge in [-0.3, -0.25) is 4.79 Å². The van der Waals surface area contributed by atoms with E-state index in [4.69, 9.17) is 4.74 Å². The summed E-state index contributed by atoms with van der Waals surface area (Å²) in [5, 5.41) is 0. The summed E-state index contributed by atoms with van der Waals surface area (Å²) in [6.45, 7) is 6.41. The number of ether oxygens (including phenoxy) is 1. The molecular formula is C22H26N2O2. The molecule has 0 bridgehead atoms. The molecular weight excluding hydrogens is 324 g/mol. The van der Waals surface area contributed by atoms with Crippen LogP contribution in [0.5, 0.6) is 5.75 Å². The van der Waals surface area contributed by atoms with Gasteiger partial charge in [0.05, 0.1) is 24.4 Å². The number of amides is 1. The summed E-state index contributed by atoms with van der Waals surface area (Å²) >= 11 is 0. The van der Waals surface area contributed by atoms with Gasteiger partial charge in [0.2, 0.25) is 5.91 Å². The fourth-order valence-corrected chi connectivity index (χ4v) is 4.17. The number of carbonyl (C=O) groups is 1. The Kier molecular flexibility index (Phi) is 4.58.